The van der Waals surface area contributed by atoms with Crippen LogP contribution in [-0.4, -0.2) is 16.7 Å². The summed E-state index contributed by atoms with van der Waals surface area (Å²) in [7, 11) is 0. The van der Waals surface area contributed by atoms with Crippen molar-refractivity contribution >= 4 is 6.47 Å². The highest BCUT2D eigenvalue weighted by atomic mass is 16.5. The van der Waals surface area contributed by atoms with Crippen molar-refractivity contribution in [2.75, 3.05) is 0 Å². The monoisotopic (exact) mass is 152 g/mol. The van der Waals surface area contributed by atoms with Crippen LogP contribution < -0.4 is 4.74 Å². The number of rotatable bonds is 4. The van der Waals surface area contributed by atoms with Gasteiger partial charge in [0.1, 0.15) is 0 Å². The highest BCUT2D eigenvalue weighted by molar-refractivity contribution is 5.45. The molecule has 58 valence electrons. The maximum Gasteiger partial charge on any atom is 0.298 e. The first kappa shape index (κ1) is 7.53. The number of aromatic nitrogens is 2. The van der Waals surface area contributed by atoms with Crippen LogP contribution in [0.2, 0.25) is 0 Å². The topological polar surface area (TPSA) is 55.0 Å². The van der Waals surface area contributed by atoms with Crippen LogP contribution in [0.5, 0.6) is 5.75 Å². The first-order chi connectivity index (χ1) is 5.38. The van der Waals surface area contributed by atoms with Gasteiger partial charge in [-0.2, -0.15) is 5.10 Å². The van der Waals surface area contributed by atoms with Crippen molar-refractivity contribution in [3.8, 4) is 5.75 Å². The Morgan fingerprint density at radius 2 is 2.64 bits per heavy atom. The molecule has 1 rings (SSSR count). The Morgan fingerprint density at radius 1 is 1.82 bits per heavy atom. The van der Waals surface area contributed by atoms with Gasteiger partial charge in [-0.05, 0) is 0 Å². The lowest BCUT2D eigenvalue weighted by atomic mass is 10.3. The maximum absolute atomic E-state index is 9.94. The standard InChI is InChI=1S/C7H8N2O2/c1-2-3-6-7(11-5-10)4-8-9-6/h2,4-5H,1,3H2,(H,8,9). The number of hydrogen-bond acceptors (Lipinski definition) is 3. The molecule has 0 aliphatic carbocycles. The molecule has 0 amide bonds. The van der Waals surface area contributed by atoms with Gasteiger partial charge in [0.15, 0.2) is 5.75 Å². The Hall–Kier alpha value is -1.58. The first-order valence-corrected chi connectivity index (χ1v) is 3.12. The number of nitrogens with one attached hydrogen (secondary N) is 1. The average Bonchev–Trinajstić information content (AvgIpc) is 2.39. The predicted octanol–water partition coefficient (Wildman–Crippen LogP) is 0.673. The van der Waals surface area contributed by atoms with Gasteiger partial charge in [0, 0.05) is 6.42 Å². The third kappa shape index (κ3) is 1.67. The lowest BCUT2D eigenvalue weighted by Gasteiger charge is -1.94. The van der Waals surface area contributed by atoms with E-state index in [-0.39, 0.29) is 0 Å². The van der Waals surface area contributed by atoms with E-state index in [4.69, 9.17) is 0 Å². The second kappa shape index (κ2) is 3.55. The summed E-state index contributed by atoms with van der Waals surface area (Å²) in [5.74, 6) is 0.458. The van der Waals surface area contributed by atoms with Crippen LogP contribution in [0.1, 0.15) is 5.69 Å². The van der Waals surface area contributed by atoms with E-state index >= 15 is 0 Å². The van der Waals surface area contributed by atoms with Crippen LogP contribution in [0.15, 0.2) is 18.9 Å². The Kier molecular flexibility index (Phi) is 2.43. The van der Waals surface area contributed by atoms with Gasteiger partial charge in [-0.25, -0.2) is 0 Å². The molecule has 4 heteroatoms. The first-order valence-electron chi connectivity index (χ1n) is 3.12. The zero-order valence-corrected chi connectivity index (χ0v) is 5.91. The molecule has 1 N–H and O–H groups in total. The number of aromatic amines is 1. The van der Waals surface area contributed by atoms with Crippen molar-refractivity contribution in [3.63, 3.8) is 0 Å². The zero-order chi connectivity index (χ0) is 8.10. The number of allylic oxidation sites excluding steroid dienone is 1. The number of H-pyrrole nitrogens is 1. The van der Waals surface area contributed by atoms with Gasteiger partial charge in [-0.1, -0.05) is 6.08 Å². The molecule has 0 saturated heterocycles. The van der Waals surface area contributed by atoms with E-state index in [1.54, 1.807) is 6.08 Å². The summed E-state index contributed by atoms with van der Waals surface area (Å²) in [5, 5.41) is 6.39. The molecule has 4 nitrogen and oxygen atoms in total. The molecule has 11 heavy (non-hydrogen) atoms. The van der Waals surface area contributed by atoms with E-state index in [0.29, 0.717) is 18.6 Å². The van der Waals surface area contributed by atoms with Crippen LogP contribution >= 0.6 is 0 Å². The van der Waals surface area contributed by atoms with Crippen molar-refractivity contribution in [2.45, 2.75) is 6.42 Å². The molecule has 1 aromatic heterocycles. The molecule has 0 fully saturated rings. The number of carbonyl (C=O) groups excluding carboxylic acids is 1. The van der Waals surface area contributed by atoms with Crippen LogP contribution in [0.3, 0.4) is 0 Å². The lowest BCUT2D eigenvalue weighted by molar-refractivity contribution is -0.120. The molecular weight excluding hydrogens is 144 g/mol. The second-order valence-corrected chi connectivity index (χ2v) is 1.92. The van der Waals surface area contributed by atoms with E-state index < -0.39 is 0 Å². The van der Waals surface area contributed by atoms with E-state index in [1.807, 2.05) is 0 Å². The fourth-order valence-corrected chi connectivity index (χ4v) is 0.746. The number of nitrogens with zero attached hydrogens (tertiary/aromatic N) is 1. The summed E-state index contributed by atoms with van der Waals surface area (Å²) >= 11 is 0. The van der Waals surface area contributed by atoms with E-state index in [2.05, 4.69) is 21.5 Å². The van der Waals surface area contributed by atoms with Gasteiger partial charge in [0.25, 0.3) is 6.47 Å². The third-order valence-corrected chi connectivity index (χ3v) is 1.20. The van der Waals surface area contributed by atoms with Gasteiger partial charge in [0.2, 0.25) is 0 Å². The Balaban J connectivity index is 2.76. The smallest absolute Gasteiger partial charge is 0.298 e. The molecular formula is C7H8N2O2. The van der Waals surface area contributed by atoms with E-state index in [0.717, 1.165) is 5.69 Å². The minimum atomic E-state index is 0.372. The Morgan fingerprint density at radius 3 is 3.27 bits per heavy atom. The number of ether oxygens (including phenoxy) is 1. The van der Waals surface area contributed by atoms with Crippen molar-refractivity contribution in [1.29, 1.82) is 0 Å². The Bertz CT molecular complexity index is 230. The normalized spacial score (nSPS) is 9.09. The molecule has 0 spiro atoms. The van der Waals surface area contributed by atoms with E-state index in [9.17, 15) is 4.79 Å². The van der Waals surface area contributed by atoms with E-state index in [1.165, 1.54) is 6.20 Å². The quantitative estimate of drug-likeness (QED) is 0.509. The van der Waals surface area contributed by atoms with Crippen LogP contribution in [0.4, 0.5) is 0 Å². The highest BCUT2D eigenvalue weighted by Gasteiger charge is 2.02. The molecule has 0 aliphatic heterocycles. The second-order valence-electron chi connectivity index (χ2n) is 1.92. The summed E-state index contributed by atoms with van der Waals surface area (Å²) in [6.45, 7) is 3.92. The van der Waals surface area contributed by atoms with Gasteiger partial charge in [-0.3, -0.25) is 9.89 Å². The molecule has 1 aromatic rings. The van der Waals surface area contributed by atoms with Gasteiger partial charge in [0.05, 0.1) is 11.9 Å². The van der Waals surface area contributed by atoms with Crippen molar-refractivity contribution in [2.24, 2.45) is 0 Å². The SMILES string of the molecule is C=CCc1[nH]ncc1OC=O. The molecule has 0 unspecified atom stereocenters. The number of carbonyl (C=O) groups is 1. The summed E-state index contributed by atoms with van der Waals surface area (Å²) in [4.78, 5) is 9.94. The third-order valence-electron chi connectivity index (χ3n) is 1.20. The molecule has 0 aliphatic rings. The molecule has 0 radical (unpaired) electrons. The summed E-state index contributed by atoms with van der Waals surface area (Å²) < 4.78 is 4.61. The summed E-state index contributed by atoms with van der Waals surface area (Å²) in [5.41, 5.74) is 0.757. The Labute approximate surface area is 63.9 Å². The maximum atomic E-state index is 9.94. The lowest BCUT2D eigenvalue weighted by Crippen LogP contribution is -1.91. The molecule has 0 aromatic carbocycles. The summed E-state index contributed by atoms with van der Waals surface area (Å²) in [6, 6.07) is 0. The minimum absolute atomic E-state index is 0.372. The largest absolute Gasteiger partial charge is 0.425 e. The van der Waals surface area contributed by atoms with Crippen molar-refractivity contribution in [1.82, 2.24) is 10.2 Å². The van der Waals surface area contributed by atoms with Crippen molar-refractivity contribution < 1.29 is 9.53 Å². The molecule has 1 heterocycles. The predicted molar refractivity (Wildman–Crippen MR) is 39.2 cm³/mol. The van der Waals surface area contributed by atoms with Crippen LogP contribution in [0, 0.1) is 0 Å². The van der Waals surface area contributed by atoms with Crippen LogP contribution in [-0.2, 0) is 11.2 Å². The highest BCUT2D eigenvalue weighted by Crippen LogP contribution is 2.14. The van der Waals surface area contributed by atoms with Crippen LogP contribution in [0.25, 0.3) is 0 Å². The fourth-order valence-electron chi connectivity index (χ4n) is 0.746. The molecule has 0 saturated carbocycles. The van der Waals surface area contributed by atoms with Gasteiger partial charge in [-0.15, -0.1) is 6.58 Å². The summed E-state index contributed by atoms with van der Waals surface area (Å²) in [6.07, 6.45) is 3.77. The fraction of sp³-hybridized carbons (Fsp3) is 0.143. The van der Waals surface area contributed by atoms with Gasteiger partial charge < -0.3 is 4.74 Å². The van der Waals surface area contributed by atoms with Gasteiger partial charge >= 0.3 is 0 Å². The van der Waals surface area contributed by atoms with Crippen molar-refractivity contribution in [3.05, 3.63) is 24.5 Å². The molecule has 0 bridgehead atoms. The number of hydrogen-bond donors (Lipinski definition) is 1. The average molecular weight is 152 g/mol. The molecule has 0 atom stereocenters. The zero-order valence-electron chi connectivity index (χ0n) is 5.91. The minimum Gasteiger partial charge on any atom is -0.425 e.